The molecule has 1 aromatic heterocycles. The maximum atomic E-state index is 13.5. The summed E-state index contributed by atoms with van der Waals surface area (Å²) in [6, 6.07) is 8.53. The van der Waals surface area contributed by atoms with Crippen molar-refractivity contribution < 1.29 is 4.79 Å². The Morgan fingerprint density at radius 1 is 1.09 bits per heavy atom. The number of anilines is 3. The Balaban J connectivity index is 0.00000149. The highest BCUT2D eigenvalue weighted by atomic mass is 35.5. The molecule has 33 heavy (non-hydrogen) atoms. The fraction of sp³-hybridized carbons (Fsp3) is 0.556. The summed E-state index contributed by atoms with van der Waals surface area (Å²) in [5.74, 6) is 0.741. The highest BCUT2D eigenvalue weighted by Gasteiger charge is 2.43. The third-order valence-corrected chi connectivity index (χ3v) is 6.93. The predicted molar refractivity (Wildman–Crippen MR) is 140 cm³/mol. The number of carbonyl (C=O) groups is 1. The number of pyridine rings is 1. The van der Waals surface area contributed by atoms with Gasteiger partial charge in [-0.15, -0.1) is 0 Å². The van der Waals surface area contributed by atoms with E-state index >= 15 is 0 Å². The van der Waals surface area contributed by atoms with Crippen molar-refractivity contribution >= 4 is 34.8 Å². The number of hydrogen-bond acceptors (Lipinski definition) is 3. The minimum absolute atomic E-state index is 0.0474. The van der Waals surface area contributed by atoms with Crippen molar-refractivity contribution in [1.29, 1.82) is 0 Å². The summed E-state index contributed by atoms with van der Waals surface area (Å²) >= 11 is 6.62. The number of benzene rings is 1. The number of carbonyl (C=O) groups excluding carboxylic acids is 1. The van der Waals surface area contributed by atoms with E-state index in [0.717, 1.165) is 35.6 Å². The van der Waals surface area contributed by atoms with Crippen LogP contribution in [-0.2, 0) is 0 Å². The first-order chi connectivity index (χ1) is 15.9. The number of aromatic nitrogens is 1. The molecule has 1 unspecified atom stereocenters. The first-order valence-corrected chi connectivity index (χ1v) is 12.9. The van der Waals surface area contributed by atoms with E-state index in [9.17, 15) is 4.79 Å². The topological polar surface area (TPSA) is 39.7 Å². The van der Waals surface area contributed by atoms with E-state index in [2.05, 4.69) is 24.8 Å². The van der Waals surface area contributed by atoms with Crippen LogP contribution in [0.15, 0.2) is 24.3 Å². The van der Waals surface area contributed by atoms with E-state index in [1.165, 1.54) is 31.4 Å². The standard InChI is InChI=1S/C25H33ClN4O.C2H6/c1-6-8-18(9-7-2)29-13-12-21-23-22(29)15-17(4)27-24(23)30(25(31)28(21)5)20-11-10-16(3)14-19(20)26;1-2/h10-11,14-15,18,21H,6-9,12-13H2,1-5H3;1-2H3. The third-order valence-electron chi connectivity index (χ3n) is 6.63. The van der Waals surface area contributed by atoms with Crippen LogP contribution in [0.25, 0.3) is 0 Å². The molecule has 1 atom stereocenters. The fourth-order valence-electron chi connectivity index (χ4n) is 5.18. The lowest BCUT2D eigenvalue weighted by molar-refractivity contribution is 0.189. The summed E-state index contributed by atoms with van der Waals surface area (Å²) in [6.45, 7) is 13.5. The Labute approximate surface area is 204 Å². The van der Waals surface area contributed by atoms with Crippen molar-refractivity contribution in [1.82, 2.24) is 9.88 Å². The molecule has 0 aliphatic carbocycles. The van der Waals surface area contributed by atoms with Crippen LogP contribution in [0.2, 0.25) is 5.02 Å². The van der Waals surface area contributed by atoms with Crippen molar-refractivity contribution in [3.05, 3.63) is 46.1 Å². The number of urea groups is 1. The zero-order valence-electron chi connectivity index (χ0n) is 21.3. The van der Waals surface area contributed by atoms with Gasteiger partial charge in [0, 0.05) is 36.6 Å². The van der Waals surface area contributed by atoms with Gasteiger partial charge in [-0.3, -0.25) is 0 Å². The lowest BCUT2D eigenvalue weighted by atomic mass is 9.90. The molecule has 0 radical (unpaired) electrons. The molecule has 0 spiro atoms. The molecule has 2 amide bonds. The Bertz CT molecular complexity index is 986. The van der Waals surface area contributed by atoms with Crippen molar-refractivity contribution in [2.45, 2.75) is 85.7 Å². The molecule has 180 valence electrons. The smallest absolute Gasteiger partial charge is 0.330 e. The number of halogens is 1. The van der Waals surface area contributed by atoms with Gasteiger partial charge in [-0.2, -0.15) is 0 Å². The highest BCUT2D eigenvalue weighted by molar-refractivity contribution is 6.34. The molecule has 6 heteroatoms. The number of nitrogens with zero attached hydrogens (tertiary/aromatic N) is 4. The molecule has 1 aromatic carbocycles. The normalized spacial score (nSPS) is 17.2. The Morgan fingerprint density at radius 3 is 2.36 bits per heavy atom. The summed E-state index contributed by atoms with van der Waals surface area (Å²) in [7, 11) is 1.90. The Hall–Kier alpha value is -2.27. The van der Waals surface area contributed by atoms with Crippen molar-refractivity contribution in [2.75, 3.05) is 23.4 Å². The predicted octanol–water partition coefficient (Wildman–Crippen LogP) is 7.80. The van der Waals surface area contributed by atoms with Crippen molar-refractivity contribution in [3.8, 4) is 0 Å². The van der Waals surface area contributed by atoms with E-state index in [0.29, 0.717) is 16.8 Å². The van der Waals surface area contributed by atoms with Crippen molar-refractivity contribution in [3.63, 3.8) is 0 Å². The van der Waals surface area contributed by atoms with E-state index in [-0.39, 0.29) is 12.1 Å². The Morgan fingerprint density at radius 2 is 1.76 bits per heavy atom. The van der Waals surface area contributed by atoms with Crippen molar-refractivity contribution in [2.24, 2.45) is 0 Å². The van der Waals surface area contributed by atoms with Crippen LogP contribution < -0.4 is 9.80 Å². The largest absolute Gasteiger partial charge is 0.368 e. The summed E-state index contributed by atoms with van der Waals surface area (Å²) in [4.78, 5) is 24.5. The zero-order valence-corrected chi connectivity index (χ0v) is 22.0. The van der Waals surface area contributed by atoms with Crippen LogP contribution >= 0.6 is 11.6 Å². The minimum Gasteiger partial charge on any atom is -0.368 e. The average molecular weight is 471 g/mol. The van der Waals surface area contributed by atoms with Crippen LogP contribution in [0.1, 0.15) is 82.7 Å². The summed E-state index contributed by atoms with van der Waals surface area (Å²) < 4.78 is 0. The van der Waals surface area contributed by atoms with Crippen LogP contribution in [0.5, 0.6) is 0 Å². The fourth-order valence-corrected chi connectivity index (χ4v) is 5.50. The number of amides is 2. The Kier molecular flexibility index (Phi) is 8.28. The lowest BCUT2D eigenvalue weighted by Crippen LogP contribution is -2.50. The van der Waals surface area contributed by atoms with Gasteiger partial charge in [-0.25, -0.2) is 14.7 Å². The molecule has 2 aliphatic heterocycles. The second-order valence-corrected chi connectivity index (χ2v) is 9.34. The number of hydrogen-bond donors (Lipinski definition) is 0. The van der Waals surface area contributed by atoms with Gasteiger partial charge in [-0.05, 0) is 56.9 Å². The van der Waals surface area contributed by atoms with Gasteiger partial charge in [0.15, 0.2) is 0 Å². The van der Waals surface area contributed by atoms with Gasteiger partial charge in [0.1, 0.15) is 5.82 Å². The zero-order chi connectivity index (χ0) is 24.3. The molecule has 0 N–H and O–H groups in total. The molecule has 3 heterocycles. The first kappa shape index (κ1) is 25.4. The first-order valence-electron chi connectivity index (χ1n) is 12.5. The molecular weight excluding hydrogens is 432 g/mol. The maximum absolute atomic E-state index is 13.5. The molecule has 2 aliphatic rings. The van der Waals surface area contributed by atoms with Gasteiger partial charge in [0.2, 0.25) is 0 Å². The molecule has 4 rings (SSSR count). The highest BCUT2D eigenvalue weighted by Crippen LogP contribution is 2.49. The minimum atomic E-state index is -0.0700. The second kappa shape index (κ2) is 10.8. The molecule has 2 aromatic rings. The molecule has 0 saturated carbocycles. The van der Waals surface area contributed by atoms with Crippen LogP contribution in [-0.4, -0.2) is 35.5 Å². The van der Waals surface area contributed by atoms with Gasteiger partial charge in [0.05, 0.1) is 16.8 Å². The van der Waals surface area contributed by atoms with Gasteiger partial charge >= 0.3 is 6.03 Å². The third kappa shape index (κ3) is 4.70. The van der Waals surface area contributed by atoms with Gasteiger partial charge in [0.25, 0.3) is 0 Å². The second-order valence-electron chi connectivity index (χ2n) is 8.93. The molecule has 0 bridgehead atoms. The summed E-state index contributed by atoms with van der Waals surface area (Å²) in [6.07, 6.45) is 5.61. The average Bonchev–Trinajstić information content (AvgIpc) is 2.79. The van der Waals surface area contributed by atoms with Gasteiger partial charge in [-0.1, -0.05) is 58.2 Å². The SMILES string of the molecule is CC.CCCC(CCC)N1CCC2c3c1cc(C)nc3N(c1ccc(C)cc1Cl)C(=O)N2C. The maximum Gasteiger partial charge on any atom is 0.330 e. The molecular formula is C27H39ClN4O. The number of rotatable bonds is 6. The van der Waals surface area contributed by atoms with Crippen LogP contribution in [0, 0.1) is 13.8 Å². The number of aryl methyl sites for hydroxylation is 2. The summed E-state index contributed by atoms with van der Waals surface area (Å²) in [5, 5.41) is 0.569. The molecule has 0 saturated heterocycles. The van der Waals surface area contributed by atoms with Gasteiger partial charge < -0.3 is 9.80 Å². The molecule has 0 fully saturated rings. The summed E-state index contributed by atoms with van der Waals surface area (Å²) in [5.41, 5.74) is 5.08. The molecule has 5 nitrogen and oxygen atoms in total. The van der Waals surface area contributed by atoms with E-state index < -0.39 is 0 Å². The van der Waals surface area contributed by atoms with E-state index in [1.54, 1.807) is 4.90 Å². The monoisotopic (exact) mass is 470 g/mol. The van der Waals surface area contributed by atoms with Crippen LogP contribution in [0.3, 0.4) is 0 Å². The van der Waals surface area contributed by atoms with Crippen LogP contribution in [0.4, 0.5) is 22.0 Å². The van der Waals surface area contributed by atoms with E-state index in [1.807, 2.05) is 57.8 Å². The lowest BCUT2D eigenvalue weighted by Gasteiger charge is -2.48. The quantitative estimate of drug-likeness (QED) is 0.432. The van der Waals surface area contributed by atoms with E-state index in [4.69, 9.17) is 16.6 Å².